The molecule has 0 heterocycles. The van der Waals surface area contributed by atoms with E-state index in [1.807, 2.05) is 0 Å². The van der Waals surface area contributed by atoms with Crippen LogP contribution in [0.15, 0.2) is 36.4 Å². The number of halogens is 8. The zero-order valence-electron chi connectivity index (χ0n) is 19.1. The van der Waals surface area contributed by atoms with Gasteiger partial charge in [-0.2, -0.15) is 22.0 Å². The van der Waals surface area contributed by atoms with Crippen LogP contribution >= 0.6 is 0 Å². The van der Waals surface area contributed by atoms with Crippen molar-refractivity contribution in [1.82, 2.24) is 0 Å². The molecular formula is C26H20F8O2. The molecule has 0 bridgehead atoms. The van der Waals surface area contributed by atoms with E-state index < -0.39 is 75.1 Å². The maximum absolute atomic E-state index is 15.3. The molecule has 1 aliphatic carbocycles. The first-order valence-electron chi connectivity index (χ1n) is 11.1. The van der Waals surface area contributed by atoms with Crippen molar-refractivity contribution >= 4 is 0 Å². The Hall–Kier alpha value is -3.30. The lowest BCUT2D eigenvalue weighted by Crippen LogP contribution is -2.41. The average molecular weight is 516 g/mol. The summed E-state index contributed by atoms with van der Waals surface area (Å²) in [5, 5.41) is 0. The van der Waals surface area contributed by atoms with E-state index >= 15 is 13.2 Å². The van der Waals surface area contributed by atoms with Gasteiger partial charge in [0.2, 0.25) is 5.82 Å². The second-order valence-corrected chi connectivity index (χ2v) is 8.13. The van der Waals surface area contributed by atoms with Crippen LogP contribution in [-0.4, -0.2) is 13.2 Å². The second kappa shape index (κ2) is 9.29. The lowest BCUT2D eigenvalue weighted by Gasteiger charge is -2.35. The Morgan fingerprint density at radius 1 is 0.556 bits per heavy atom. The molecule has 0 radical (unpaired) electrons. The third kappa shape index (κ3) is 3.87. The van der Waals surface area contributed by atoms with Crippen molar-refractivity contribution in [2.24, 2.45) is 0 Å². The average Bonchev–Trinajstić information content (AvgIpc) is 2.82. The van der Waals surface area contributed by atoms with Crippen molar-refractivity contribution in [2.45, 2.75) is 38.5 Å². The first kappa shape index (κ1) is 25.8. The van der Waals surface area contributed by atoms with Crippen LogP contribution in [0.3, 0.4) is 0 Å². The molecule has 0 unspecified atom stereocenters. The van der Waals surface area contributed by atoms with Gasteiger partial charge in [-0.25, -0.2) is 13.2 Å². The number of rotatable bonds is 7. The van der Waals surface area contributed by atoms with Crippen LogP contribution in [-0.2, 0) is 24.7 Å². The molecule has 192 valence electrons. The third-order valence-electron chi connectivity index (χ3n) is 6.03. The third-order valence-corrected chi connectivity index (χ3v) is 6.03. The van der Waals surface area contributed by atoms with Gasteiger partial charge in [0.15, 0.2) is 23.1 Å². The lowest BCUT2D eigenvalue weighted by molar-refractivity contribution is -0.228. The highest BCUT2D eigenvalue weighted by Crippen LogP contribution is 2.60. The molecule has 0 aromatic heterocycles. The SMILES string of the molecule is CCOc1ccc(CCc2ccc3c(c2F)C(F)(F)C(F)(F)c2c-3ccc(OCC)c2F)c(F)c1F. The highest BCUT2D eigenvalue weighted by atomic mass is 19.3. The quantitative estimate of drug-likeness (QED) is 0.300. The van der Waals surface area contributed by atoms with Crippen molar-refractivity contribution in [1.29, 1.82) is 0 Å². The summed E-state index contributed by atoms with van der Waals surface area (Å²) in [6.45, 7) is 3.04. The summed E-state index contributed by atoms with van der Waals surface area (Å²) in [4.78, 5) is 0. The normalized spacial score (nSPS) is 15.3. The van der Waals surface area contributed by atoms with Gasteiger partial charge >= 0.3 is 11.8 Å². The van der Waals surface area contributed by atoms with Gasteiger partial charge in [-0.05, 0) is 67.1 Å². The summed E-state index contributed by atoms with van der Waals surface area (Å²) < 4.78 is 129. The number of hydrogen-bond donors (Lipinski definition) is 0. The molecule has 0 atom stereocenters. The van der Waals surface area contributed by atoms with E-state index in [9.17, 15) is 22.0 Å². The summed E-state index contributed by atoms with van der Waals surface area (Å²) >= 11 is 0. The fourth-order valence-electron chi connectivity index (χ4n) is 4.31. The second-order valence-electron chi connectivity index (χ2n) is 8.13. The molecule has 3 aromatic carbocycles. The van der Waals surface area contributed by atoms with Crippen molar-refractivity contribution in [2.75, 3.05) is 13.2 Å². The minimum atomic E-state index is -5.10. The van der Waals surface area contributed by atoms with Crippen LogP contribution in [0.5, 0.6) is 11.5 Å². The summed E-state index contributed by atoms with van der Waals surface area (Å²) in [5.74, 6) is -16.9. The summed E-state index contributed by atoms with van der Waals surface area (Å²) in [5.41, 5.74) is -4.94. The number of benzene rings is 3. The lowest BCUT2D eigenvalue weighted by atomic mass is 9.78. The Kier molecular flexibility index (Phi) is 6.66. The van der Waals surface area contributed by atoms with Crippen molar-refractivity contribution in [3.05, 3.63) is 81.9 Å². The van der Waals surface area contributed by atoms with Gasteiger partial charge < -0.3 is 9.47 Å². The van der Waals surface area contributed by atoms with Crippen LogP contribution in [0.4, 0.5) is 35.1 Å². The number of fused-ring (bicyclic) bond motifs is 3. The largest absolute Gasteiger partial charge is 0.491 e. The van der Waals surface area contributed by atoms with Crippen molar-refractivity contribution in [3.8, 4) is 22.6 Å². The molecule has 0 saturated carbocycles. The minimum absolute atomic E-state index is 0.0921. The number of alkyl halides is 4. The number of ether oxygens (including phenoxy) is 2. The molecule has 0 amide bonds. The molecule has 0 N–H and O–H groups in total. The van der Waals surface area contributed by atoms with Crippen molar-refractivity contribution < 1.29 is 44.6 Å². The van der Waals surface area contributed by atoms with Gasteiger partial charge in [0, 0.05) is 0 Å². The number of aryl methyl sites for hydroxylation is 2. The maximum Gasteiger partial charge on any atom is 0.343 e. The van der Waals surface area contributed by atoms with Gasteiger partial charge in [0.05, 0.1) is 24.3 Å². The van der Waals surface area contributed by atoms with Gasteiger partial charge in [0.1, 0.15) is 5.82 Å². The summed E-state index contributed by atoms with van der Waals surface area (Å²) in [6, 6.07) is 6.44. The highest BCUT2D eigenvalue weighted by Gasteiger charge is 2.65. The molecule has 0 fully saturated rings. The minimum Gasteiger partial charge on any atom is -0.491 e. The fraction of sp³-hybridized carbons (Fsp3) is 0.308. The molecule has 3 aromatic rings. The molecular weight excluding hydrogens is 496 g/mol. The zero-order valence-corrected chi connectivity index (χ0v) is 19.1. The standard InChI is InChI=1S/C26H20F8O2/c1-3-35-17-12-10-16-15-9-7-13(5-6-14-8-11-18(36-4-2)24(30)22(14)28)21(27)19(15)25(31,32)26(33,34)20(16)23(17)29/h7-12H,3-6H2,1-2H3. The fourth-order valence-corrected chi connectivity index (χ4v) is 4.31. The van der Waals surface area contributed by atoms with E-state index in [2.05, 4.69) is 0 Å². The van der Waals surface area contributed by atoms with E-state index in [4.69, 9.17) is 9.47 Å². The van der Waals surface area contributed by atoms with Crippen LogP contribution in [0.25, 0.3) is 11.1 Å². The molecule has 2 nitrogen and oxygen atoms in total. The Labute approximate surface area is 201 Å². The molecule has 1 aliphatic rings. The van der Waals surface area contributed by atoms with E-state index in [1.54, 1.807) is 6.92 Å². The Morgan fingerprint density at radius 3 is 1.53 bits per heavy atom. The summed E-state index contributed by atoms with van der Waals surface area (Å²) in [6.07, 6.45) is -0.703. The molecule has 0 saturated heterocycles. The van der Waals surface area contributed by atoms with E-state index in [1.165, 1.54) is 19.1 Å². The summed E-state index contributed by atoms with van der Waals surface area (Å²) in [7, 11) is 0. The smallest absolute Gasteiger partial charge is 0.343 e. The van der Waals surface area contributed by atoms with E-state index in [0.717, 1.165) is 24.3 Å². The van der Waals surface area contributed by atoms with Gasteiger partial charge in [-0.1, -0.05) is 18.2 Å². The Balaban J connectivity index is 1.77. The van der Waals surface area contributed by atoms with Gasteiger partial charge in [-0.15, -0.1) is 0 Å². The zero-order chi connectivity index (χ0) is 26.4. The van der Waals surface area contributed by atoms with Gasteiger partial charge in [0.25, 0.3) is 0 Å². The molecule has 4 rings (SSSR count). The molecule has 0 aliphatic heterocycles. The Morgan fingerprint density at radius 2 is 0.972 bits per heavy atom. The first-order chi connectivity index (χ1) is 17.0. The van der Waals surface area contributed by atoms with Gasteiger partial charge in [-0.3, -0.25) is 0 Å². The highest BCUT2D eigenvalue weighted by molar-refractivity contribution is 5.77. The van der Waals surface area contributed by atoms with Crippen LogP contribution in [0, 0.1) is 23.3 Å². The monoisotopic (exact) mass is 516 g/mol. The first-order valence-corrected chi connectivity index (χ1v) is 11.1. The Bertz CT molecular complexity index is 1320. The van der Waals surface area contributed by atoms with E-state index in [-0.39, 0.29) is 30.9 Å². The predicted molar refractivity (Wildman–Crippen MR) is 116 cm³/mol. The maximum atomic E-state index is 15.3. The van der Waals surface area contributed by atoms with Crippen molar-refractivity contribution in [3.63, 3.8) is 0 Å². The van der Waals surface area contributed by atoms with Crippen LogP contribution in [0.1, 0.15) is 36.1 Å². The van der Waals surface area contributed by atoms with Crippen LogP contribution < -0.4 is 9.47 Å². The molecule has 36 heavy (non-hydrogen) atoms. The predicted octanol–water partition coefficient (Wildman–Crippen LogP) is 7.69. The van der Waals surface area contributed by atoms with E-state index in [0.29, 0.717) is 0 Å². The molecule has 0 spiro atoms. The molecule has 10 heteroatoms. The van der Waals surface area contributed by atoms with Crippen LogP contribution in [0.2, 0.25) is 0 Å². The topological polar surface area (TPSA) is 18.5 Å². The number of hydrogen-bond acceptors (Lipinski definition) is 2.